The molecule has 0 aliphatic heterocycles. The van der Waals surface area contributed by atoms with Crippen molar-refractivity contribution in [3.63, 3.8) is 0 Å². The standard InChI is InChI=1S/C19H31N5O3/c1-11-3-4-13(9-16(11)25)22-18-15(17(20)26)10-21-19(24-18)23-12-5-7-14(27-2)8-6-12/h10-14,16,25H,3-9H2,1-2H3,(H2,20,26)(H2,21,22,23,24)/t11-,12?,13?,14?,16-/m1/s1. The van der Waals surface area contributed by atoms with Crippen LogP contribution in [0.1, 0.15) is 62.2 Å². The Morgan fingerprint density at radius 2 is 1.89 bits per heavy atom. The van der Waals surface area contributed by atoms with Gasteiger partial charge in [-0.1, -0.05) is 6.92 Å². The molecule has 0 saturated heterocycles. The Bertz CT molecular complexity index is 648. The van der Waals surface area contributed by atoms with E-state index in [1.165, 1.54) is 6.20 Å². The van der Waals surface area contributed by atoms with Crippen LogP contribution in [-0.2, 0) is 4.74 Å². The summed E-state index contributed by atoms with van der Waals surface area (Å²) < 4.78 is 5.41. The third-order valence-corrected chi connectivity index (χ3v) is 5.89. The third-order valence-electron chi connectivity index (χ3n) is 5.89. The Morgan fingerprint density at radius 1 is 1.19 bits per heavy atom. The number of aliphatic hydroxyl groups is 1. The Hall–Kier alpha value is -1.93. The predicted molar refractivity (Wildman–Crippen MR) is 104 cm³/mol. The zero-order chi connectivity index (χ0) is 19.4. The molecule has 1 aromatic heterocycles. The molecule has 0 bridgehead atoms. The number of hydrogen-bond acceptors (Lipinski definition) is 7. The van der Waals surface area contributed by atoms with Gasteiger partial charge in [-0.2, -0.15) is 4.98 Å². The van der Waals surface area contributed by atoms with Gasteiger partial charge in [0.1, 0.15) is 5.82 Å². The van der Waals surface area contributed by atoms with Crippen LogP contribution < -0.4 is 16.4 Å². The minimum atomic E-state index is -0.561. The molecule has 3 atom stereocenters. The van der Waals surface area contributed by atoms with Crippen LogP contribution >= 0.6 is 0 Å². The lowest BCUT2D eigenvalue weighted by Gasteiger charge is -2.32. The summed E-state index contributed by atoms with van der Waals surface area (Å²) in [6.45, 7) is 2.06. The minimum absolute atomic E-state index is 0.0641. The van der Waals surface area contributed by atoms with Gasteiger partial charge < -0.3 is 26.2 Å². The number of methoxy groups -OCH3 is 1. The fourth-order valence-corrected chi connectivity index (χ4v) is 3.99. The van der Waals surface area contributed by atoms with E-state index in [-0.39, 0.29) is 17.7 Å². The van der Waals surface area contributed by atoms with Gasteiger partial charge in [0.05, 0.1) is 17.8 Å². The second-order valence-electron chi connectivity index (χ2n) is 7.87. The fraction of sp³-hybridized carbons (Fsp3) is 0.737. The SMILES string of the molecule is COC1CCC(Nc2ncc(C(N)=O)c(NC3CC[C@@H](C)[C@H](O)C3)n2)CC1. The van der Waals surface area contributed by atoms with Gasteiger partial charge in [0, 0.05) is 25.4 Å². The maximum absolute atomic E-state index is 11.8. The number of aromatic nitrogens is 2. The van der Waals surface area contributed by atoms with E-state index >= 15 is 0 Å². The van der Waals surface area contributed by atoms with Crippen molar-refractivity contribution in [1.29, 1.82) is 0 Å². The first-order chi connectivity index (χ1) is 13.0. The molecule has 0 spiro atoms. The number of anilines is 2. The molecule has 27 heavy (non-hydrogen) atoms. The second-order valence-corrected chi connectivity index (χ2v) is 7.87. The van der Waals surface area contributed by atoms with Crippen molar-refractivity contribution < 1.29 is 14.6 Å². The average molecular weight is 377 g/mol. The summed E-state index contributed by atoms with van der Waals surface area (Å²) in [5, 5.41) is 16.8. The van der Waals surface area contributed by atoms with Crippen LogP contribution in [0.15, 0.2) is 6.20 Å². The lowest BCUT2D eigenvalue weighted by atomic mass is 9.85. The minimum Gasteiger partial charge on any atom is -0.393 e. The number of carbonyl (C=O) groups is 1. The Kier molecular flexibility index (Phi) is 6.49. The van der Waals surface area contributed by atoms with Crippen molar-refractivity contribution in [2.45, 2.75) is 76.2 Å². The van der Waals surface area contributed by atoms with Crippen LogP contribution in [0.2, 0.25) is 0 Å². The van der Waals surface area contributed by atoms with Gasteiger partial charge in [0.15, 0.2) is 0 Å². The third kappa shape index (κ3) is 5.07. The number of nitrogens with zero attached hydrogens (tertiary/aromatic N) is 2. The number of nitrogens with two attached hydrogens (primary N) is 1. The fourth-order valence-electron chi connectivity index (χ4n) is 3.99. The van der Waals surface area contributed by atoms with Gasteiger partial charge >= 0.3 is 0 Å². The van der Waals surface area contributed by atoms with E-state index in [0.29, 0.717) is 36.3 Å². The van der Waals surface area contributed by atoms with E-state index in [0.717, 1.165) is 38.5 Å². The normalized spacial score (nSPS) is 31.3. The molecule has 1 unspecified atom stereocenters. The molecule has 1 aromatic rings. The Morgan fingerprint density at radius 3 is 2.52 bits per heavy atom. The molecule has 1 heterocycles. The monoisotopic (exact) mass is 377 g/mol. The van der Waals surface area contributed by atoms with Crippen LogP contribution in [-0.4, -0.2) is 52.4 Å². The van der Waals surface area contributed by atoms with Gasteiger partial charge in [-0.3, -0.25) is 4.79 Å². The van der Waals surface area contributed by atoms with Crippen molar-refractivity contribution >= 4 is 17.7 Å². The highest BCUT2D eigenvalue weighted by Gasteiger charge is 2.27. The van der Waals surface area contributed by atoms with Crippen molar-refractivity contribution in [2.75, 3.05) is 17.7 Å². The first kappa shape index (κ1) is 19.8. The quantitative estimate of drug-likeness (QED) is 0.597. The van der Waals surface area contributed by atoms with E-state index in [1.807, 2.05) is 0 Å². The highest BCUT2D eigenvalue weighted by Crippen LogP contribution is 2.28. The van der Waals surface area contributed by atoms with E-state index < -0.39 is 5.91 Å². The van der Waals surface area contributed by atoms with Crippen molar-refractivity contribution in [1.82, 2.24) is 9.97 Å². The maximum atomic E-state index is 11.8. The molecule has 2 aliphatic rings. The van der Waals surface area contributed by atoms with Crippen molar-refractivity contribution in [3.05, 3.63) is 11.8 Å². The van der Waals surface area contributed by atoms with E-state index in [4.69, 9.17) is 10.5 Å². The summed E-state index contributed by atoms with van der Waals surface area (Å²) >= 11 is 0. The molecule has 8 nitrogen and oxygen atoms in total. The number of amides is 1. The summed E-state index contributed by atoms with van der Waals surface area (Å²) in [5.74, 6) is 0.670. The Labute approximate surface area is 160 Å². The molecule has 0 radical (unpaired) electrons. The second kappa shape index (κ2) is 8.84. The van der Waals surface area contributed by atoms with Crippen molar-refractivity contribution in [3.8, 4) is 0 Å². The summed E-state index contributed by atoms with van der Waals surface area (Å²) in [7, 11) is 1.75. The predicted octanol–water partition coefficient (Wildman–Crippen LogP) is 1.91. The molecule has 2 aliphatic carbocycles. The summed E-state index contributed by atoms with van der Waals surface area (Å²) in [5.41, 5.74) is 5.77. The van der Waals surface area contributed by atoms with Gasteiger partial charge in [-0.15, -0.1) is 0 Å². The molecule has 1 amide bonds. The lowest BCUT2D eigenvalue weighted by Crippen LogP contribution is -2.36. The van der Waals surface area contributed by atoms with E-state index in [2.05, 4.69) is 27.5 Å². The molecular weight excluding hydrogens is 346 g/mol. The Balaban J connectivity index is 1.68. The van der Waals surface area contributed by atoms with Gasteiger partial charge in [-0.25, -0.2) is 4.98 Å². The zero-order valence-corrected chi connectivity index (χ0v) is 16.1. The largest absolute Gasteiger partial charge is 0.393 e. The number of primary amides is 1. The topological polar surface area (TPSA) is 122 Å². The first-order valence-corrected chi connectivity index (χ1v) is 9.87. The zero-order valence-electron chi connectivity index (χ0n) is 16.1. The number of ether oxygens (including phenoxy) is 1. The number of hydrogen-bond donors (Lipinski definition) is 4. The first-order valence-electron chi connectivity index (χ1n) is 9.87. The summed E-state index contributed by atoms with van der Waals surface area (Å²) in [6, 6.07) is 0.357. The molecule has 5 N–H and O–H groups in total. The van der Waals surface area contributed by atoms with Crippen molar-refractivity contribution in [2.24, 2.45) is 11.7 Å². The number of aliphatic hydroxyl groups excluding tert-OH is 1. The number of rotatable bonds is 6. The molecule has 150 valence electrons. The van der Waals surface area contributed by atoms with Crippen LogP contribution in [0.25, 0.3) is 0 Å². The molecule has 2 saturated carbocycles. The van der Waals surface area contributed by atoms with Crippen LogP contribution in [0, 0.1) is 5.92 Å². The maximum Gasteiger partial charge on any atom is 0.254 e. The molecule has 0 aromatic carbocycles. The smallest absolute Gasteiger partial charge is 0.254 e. The molecule has 8 heteroatoms. The molecule has 2 fully saturated rings. The van der Waals surface area contributed by atoms with E-state index in [1.54, 1.807) is 7.11 Å². The average Bonchev–Trinajstić information content (AvgIpc) is 2.65. The lowest BCUT2D eigenvalue weighted by molar-refractivity contribution is 0.0681. The van der Waals surface area contributed by atoms with E-state index in [9.17, 15) is 9.90 Å². The number of carbonyl (C=O) groups excluding carboxylic acids is 1. The number of nitrogens with one attached hydrogen (secondary N) is 2. The summed E-state index contributed by atoms with van der Waals surface area (Å²) in [6.07, 6.45) is 7.96. The molecular formula is C19H31N5O3. The molecule has 3 rings (SSSR count). The highest BCUT2D eigenvalue weighted by atomic mass is 16.5. The van der Waals surface area contributed by atoms with Crippen LogP contribution in [0.3, 0.4) is 0 Å². The summed E-state index contributed by atoms with van der Waals surface area (Å²) in [4.78, 5) is 20.6. The van der Waals surface area contributed by atoms with Gasteiger partial charge in [0.25, 0.3) is 5.91 Å². The van der Waals surface area contributed by atoms with Gasteiger partial charge in [0.2, 0.25) is 5.95 Å². The highest BCUT2D eigenvalue weighted by molar-refractivity contribution is 5.97. The van der Waals surface area contributed by atoms with Gasteiger partial charge in [-0.05, 0) is 50.9 Å². The van der Waals surface area contributed by atoms with Crippen LogP contribution in [0.4, 0.5) is 11.8 Å². The van der Waals surface area contributed by atoms with Crippen LogP contribution in [0.5, 0.6) is 0 Å².